The summed E-state index contributed by atoms with van der Waals surface area (Å²) in [7, 11) is 0. The molecule has 1 aliphatic carbocycles. The van der Waals surface area contributed by atoms with Crippen LogP contribution in [0.3, 0.4) is 0 Å². The van der Waals surface area contributed by atoms with Crippen LogP contribution in [0.1, 0.15) is 62.6 Å². The molecule has 0 aliphatic heterocycles. The Bertz CT molecular complexity index is 875. The molecule has 4 nitrogen and oxygen atoms in total. The number of benzene rings is 2. The number of carbonyl (C=O) groups excluding carboxylic acids is 2. The molecule has 1 N–H and O–H groups in total. The van der Waals surface area contributed by atoms with E-state index in [1.54, 1.807) is 4.90 Å². The van der Waals surface area contributed by atoms with Crippen molar-refractivity contribution >= 4 is 27.7 Å². The number of aryl methyl sites for hydroxylation is 2. The van der Waals surface area contributed by atoms with Gasteiger partial charge >= 0.3 is 0 Å². The zero-order valence-electron chi connectivity index (χ0n) is 18.6. The summed E-state index contributed by atoms with van der Waals surface area (Å²) in [6.07, 6.45) is 6.47. The van der Waals surface area contributed by atoms with Gasteiger partial charge in [-0.3, -0.25) is 9.59 Å². The smallest absolute Gasteiger partial charge is 0.242 e. The van der Waals surface area contributed by atoms with Gasteiger partial charge in [-0.2, -0.15) is 0 Å². The molecule has 0 aromatic heterocycles. The molecule has 31 heavy (non-hydrogen) atoms. The lowest BCUT2D eigenvalue weighted by Gasteiger charge is -2.30. The molecule has 0 spiro atoms. The summed E-state index contributed by atoms with van der Waals surface area (Å²) in [5, 5.41) is 3.16. The number of carbonyl (C=O) groups is 2. The number of amides is 2. The van der Waals surface area contributed by atoms with Crippen LogP contribution in [0.5, 0.6) is 0 Å². The largest absolute Gasteiger partial charge is 0.352 e. The summed E-state index contributed by atoms with van der Waals surface area (Å²) in [5.74, 6) is -0.0452. The molecule has 2 aromatic rings. The molecule has 0 unspecified atom stereocenters. The number of halogens is 1. The van der Waals surface area contributed by atoms with Crippen LogP contribution < -0.4 is 5.32 Å². The van der Waals surface area contributed by atoms with Crippen molar-refractivity contribution in [2.24, 2.45) is 0 Å². The van der Waals surface area contributed by atoms with Crippen molar-refractivity contribution in [3.8, 4) is 0 Å². The topological polar surface area (TPSA) is 49.4 Å². The summed E-state index contributed by atoms with van der Waals surface area (Å²) in [6, 6.07) is 16.1. The molecule has 0 radical (unpaired) electrons. The lowest BCUT2D eigenvalue weighted by Crippen LogP contribution is -2.49. The third kappa shape index (κ3) is 6.93. The van der Waals surface area contributed by atoms with Crippen molar-refractivity contribution in [3.63, 3.8) is 0 Å². The molecule has 2 aromatic carbocycles. The van der Waals surface area contributed by atoms with Gasteiger partial charge in [0, 0.05) is 23.5 Å². The van der Waals surface area contributed by atoms with Crippen LogP contribution in [0.2, 0.25) is 0 Å². The minimum absolute atomic E-state index is 0.00798. The number of rotatable bonds is 9. The van der Waals surface area contributed by atoms with E-state index in [1.807, 2.05) is 31.2 Å². The van der Waals surface area contributed by atoms with Crippen molar-refractivity contribution in [1.82, 2.24) is 10.2 Å². The molecular formula is C26H33BrN2O2. The molecule has 1 fully saturated rings. The van der Waals surface area contributed by atoms with Crippen molar-refractivity contribution in [3.05, 3.63) is 69.7 Å². The lowest BCUT2D eigenvalue weighted by atomic mass is 10.0. The predicted octanol–water partition coefficient (Wildman–Crippen LogP) is 5.42. The summed E-state index contributed by atoms with van der Waals surface area (Å²) in [6.45, 7) is 4.40. The van der Waals surface area contributed by atoms with E-state index >= 15 is 0 Å². The third-order valence-corrected chi connectivity index (χ3v) is 6.66. The van der Waals surface area contributed by atoms with Crippen LogP contribution in [0.25, 0.3) is 0 Å². The average Bonchev–Trinajstić information content (AvgIpc) is 3.28. The van der Waals surface area contributed by atoms with Crippen molar-refractivity contribution in [1.29, 1.82) is 0 Å². The zero-order valence-corrected chi connectivity index (χ0v) is 20.2. The molecule has 166 valence electrons. The molecule has 1 saturated carbocycles. The molecule has 1 atom stereocenters. The Balaban J connectivity index is 1.69. The number of nitrogens with zero attached hydrogens (tertiary/aromatic N) is 1. The fourth-order valence-electron chi connectivity index (χ4n) is 4.14. The van der Waals surface area contributed by atoms with Crippen LogP contribution in [-0.2, 0) is 29.0 Å². The van der Waals surface area contributed by atoms with Gasteiger partial charge in [-0.15, -0.1) is 0 Å². The first kappa shape index (κ1) is 23.5. The lowest BCUT2D eigenvalue weighted by molar-refractivity contribution is -0.140. The van der Waals surface area contributed by atoms with Gasteiger partial charge in [0.15, 0.2) is 0 Å². The summed E-state index contributed by atoms with van der Waals surface area (Å²) in [5.41, 5.74) is 3.45. The van der Waals surface area contributed by atoms with Gasteiger partial charge in [-0.05, 0) is 61.4 Å². The van der Waals surface area contributed by atoms with Gasteiger partial charge in [0.25, 0.3) is 0 Å². The van der Waals surface area contributed by atoms with E-state index in [0.717, 1.165) is 47.7 Å². The molecule has 2 amide bonds. The normalized spacial score (nSPS) is 14.9. The molecule has 0 bridgehead atoms. The van der Waals surface area contributed by atoms with Gasteiger partial charge in [0.05, 0.1) is 0 Å². The van der Waals surface area contributed by atoms with Gasteiger partial charge in [-0.1, -0.05) is 72.1 Å². The Morgan fingerprint density at radius 3 is 2.39 bits per heavy atom. The second-order valence-corrected chi connectivity index (χ2v) is 9.40. The summed E-state index contributed by atoms with van der Waals surface area (Å²) < 4.78 is 0.969. The van der Waals surface area contributed by atoms with Gasteiger partial charge in [0.2, 0.25) is 11.8 Å². The zero-order chi connectivity index (χ0) is 22.2. The fourth-order valence-corrected chi connectivity index (χ4v) is 4.59. The Hall–Kier alpha value is -2.14. The quantitative estimate of drug-likeness (QED) is 0.516. The Kier molecular flexibility index (Phi) is 8.70. The van der Waals surface area contributed by atoms with E-state index in [4.69, 9.17) is 0 Å². The highest BCUT2D eigenvalue weighted by molar-refractivity contribution is 9.10. The first-order chi connectivity index (χ1) is 15.0. The summed E-state index contributed by atoms with van der Waals surface area (Å²) >= 11 is 3.50. The minimum Gasteiger partial charge on any atom is -0.352 e. The predicted molar refractivity (Wildman–Crippen MR) is 129 cm³/mol. The highest BCUT2D eigenvalue weighted by atomic mass is 79.9. The molecule has 1 aliphatic rings. The van der Waals surface area contributed by atoms with Crippen LogP contribution in [0, 0.1) is 0 Å². The van der Waals surface area contributed by atoms with E-state index in [2.05, 4.69) is 52.4 Å². The van der Waals surface area contributed by atoms with Crippen LogP contribution >= 0.6 is 15.9 Å². The maximum absolute atomic E-state index is 13.2. The van der Waals surface area contributed by atoms with E-state index in [1.165, 1.54) is 5.56 Å². The van der Waals surface area contributed by atoms with Crippen molar-refractivity contribution in [2.45, 2.75) is 77.4 Å². The van der Waals surface area contributed by atoms with Gasteiger partial charge < -0.3 is 10.2 Å². The fraction of sp³-hybridized carbons (Fsp3) is 0.462. The molecule has 5 heteroatoms. The van der Waals surface area contributed by atoms with E-state index in [9.17, 15) is 9.59 Å². The van der Waals surface area contributed by atoms with Gasteiger partial charge in [-0.25, -0.2) is 0 Å². The maximum atomic E-state index is 13.2. The Labute approximate surface area is 194 Å². The molecular weight excluding hydrogens is 452 g/mol. The number of hydrogen-bond donors (Lipinski definition) is 1. The average molecular weight is 485 g/mol. The molecule has 0 heterocycles. The second-order valence-electron chi connectivity index (χ2n) is 8.49. The van der Waals surface area contributed by atoms with Crippen LogP contribution in [-0.4, -0.2) is 28.8 Å². The highest BCUT2D eigenvalue weighted by Crippen LogP contribution is 2.20. The maximum Gasteiger partial charge on any atom is 0.242 e. The standard InChI is InChI=1S/C26H33BrN2O2/c1-3-20-11-13-21(14-12-20)15-16-25(30)29(18-22-7-6-8-23(27)17-22)19(2)26(31)28-24-9-4-5-10-24/h6-8,11-14,17,19,24H,3-5,9-10,15-16,18H2,1-2H3,(H,28,31)/t19-/m0/s1. The SMILES string of the molecule is CCc1ccc(CCC(=O)N(Cc2cccc(Br)c2)[C@@H](C)C(=O)NC2CCCC2)cc1. The van der Waals surface area contributed by atoms with Crippen LogP contribution in [0.15, 0.2) is 53.0 Å². The van der Waals surface area contributed by atoms with E-state index in [0.29, 0.717) is 19.4 Å². The Morgan fingerprint density at radius 2 is 1.74 bits per heavy atom. The van der Waals surface area contributed by atoms with E-state index < -0.39 is 6.04 Å². The summed E-state index contributed by atoms with van der Waals surface area (Å²) in [4.78, 5) is 27.9. The van der Waals surface area contributed by atoms with Crippen molar-refractivity contribution < 1.29 is 9.59 Å². The second kappa shape index (κ2) is 11.5. The van der Waals surface area contributed by atoms with Crippen LogP contribution in [0.4, 0.5) is 0 Å². The number of nitrogens with one attached hydrogen (secondary N) is 1. The van der Waals surface area contributed by atoms with Gasteiger partial charge in [0.1, 0.15) is 6.04 Å². The van der Waals surface area contributed by atoms with Crippen molar-refractivity contribution in [2.75, 3.05) is 0 Å². The first-order valence-corrected chi connectivity index (χ1v) is 12.2. The third-order valence-electron chi connectivity index (χ3n) is 6.17. The first-order valence-electron chi connectivity index (χ1n) is 11.4. The molecule has 3 rings (SSSR count). The monoisotopic (exact) mass is 484 g/mol. The highest BCUT2D eigenvalue weighted by Gasteiger charge is 2.28. The minimum atomic E-state index is -0.505. The number of hydrogen-bond acceptors (Lipinski definition) is 2. The Morgan fingerprint density at radius 1 is 1.06 bits per heavy atom. The molecule has 0 saturated heterocycles. The van der Waals surface area contributed by atoms with E-state index in [-0.39, 0.29) is 17.9 Å².